The third-order valence-electron chi connectivity index (χ3n) is 6.36. The molecule has 12 heteroatoms. The summed E-state index contributed by atoms with van der Waals surface area (Å²) in [4.78, 5) is 15.3. The Balaban J connectivity index is 1.47. The van der Waals surface area contributed by atoms with E-state index in [-0.39, 0.29) is 40.5 Å². The molecule has 2 aliphatic heterocycles. The number of carbonyl (C=O) groups excluding carboxylic acids is 1. The number of benzene rings is 1. The third kappa shape index (κ3) is 4.09. The van der Waals surface area contributed by atoms with Crippen LogP contribution in [0, 0.1) is 19.8 Å². The van der Waals surface area contributed by atoms with Crippen molar-refractivity contribution in [3.8, 4) is 0 Å². The molecular formula is C21H28N4O6S2. The zero-order valence-electron chi connectivity index (χ0n) is 19.1. The van der Waals surface area contributed by atoms with Crippen molar-refractivity contribution in [1.82, 2.24) is 13.8 Å². The van der Waals surface area contributed by atoms with Gasteiger partial charge in [0, 0.05) is 45.3 Å². The molecule has 33 heavy (non-hydrogen) atoms. The molecule has 0 N–H and O–H groups in total. The Morgan fingerprint density at radius 2 is 1.76 bits per heavy atom. The molecule has 1 fully saturated rings. The standard InChI is InChI=1S/C21H28N4O6S2/c1-14-20(15(2)31-22-14)33(29,30)24-10-7-16(8-11-24)21(26)25-12-9-17-13-18(5-6-19(17)25)32(27,28)23(3)4/h5-6,13,16H,7-12H2,1-4H3. The molecule has 3 heterocycles. The van der Waals surface area contributed by atoms with Gasteiger partial charge >= 0.3 is 0 Å². The van der Waals surface area contributed by atoms with E-state index in [2.05, 4.69) is 5.16 Å². The lowest BCUT2D eigenvalue weighted by Gasteiger charge is -2.32. The second kappa shape index (κ2) is 8.49. The second-order valence-corrected chi connectivity index (χ2v) is 12.7. The zero-order chi connectivity index (χ0) is 24.1. The first kappa shape index (κ1) is 23.9. The van der Waals surface area contributed by atoms with Crippen LogP contribution < -0.4 is 4.90 Å². The largest absolute Gasteiger partial charge is 0.360 e. The van der Waals surface area contributed by atoms with Crippen LogP contribution in [0.2, 0.25) is 0 Å². The number of rotatable bonds is 5. The van der Waals surface area contributed by atoms with Crippen molar-refractivity contribution in [2.45, 2.75) is 42.9 Å². The highest BCUT2D eigenvalue weighted by Gasteiger charge is 2.38. The number of aromatic nitrogens is 1. The van der Waals surface area contributed by atoms with Crippen molar-refractivity contribution in [3.63, 3.8) is 0 Å². The van der Waals surface area contributed by atoms with Crippen LogP contribution >= 0.6 is 0 Å². The van der Waals surface area contributed by atoms with Gasteiger partial charge in [0.1, 0.15) is 10.6 Å². The van der Waals surface area contributed by atoms with Crippen LogP contribution in [0.5, 0.6) is 0 Å². The summed E-state index contributed by atoms with van der Waals surface area (Å²) < 4.78 is 58.5. The summed E-state index contributed by atoms with van der Waals surface area (Å²) in [5, 5.41) is 3.74. The lowest BCUT2D eigenvalue weighted by molar-refractivity contribution is -0.123. The Morgan fingerprint density at radius 1 is 1.09 bits per heavy atom. The molecule has 1 aromatic carbocycles. The molecule has 2 aliphatic rings. The minimum Gasteiger partial charge on any atom is -0.360 e. The molecule has 0 radical (unpaired) electrons. The number of amides is 1. The highest BCUT2D eigenvalue weighted by molar-refractivity contribution is 7.89. The van der Waals surface area contributed by atoms with E-state index in [9.17, 15) is 21.6 Å². The Morgan fingerprint density at radius 3 is 2.33 bits per heavy atom. The number of sulfonamides is 2. The van der Waals surface area contributed by atoms with Crippen LogP contribution in [-0.2, 0) is 31.3 Å². The van der Waals surface area contributed by atoms with Gasteiger partial charge in [0.25, 0.3) is 0 Å². The Hall–Kier alpha value is -2.28. The predicted molar refractivity (Wildman–Crippen MR) is 121 cm³/mol. The van der Waals surface area contributed by atoms with Crippen molar-refractivity contribution in [2.24, 2.45) is 5.92 Å². The molecular weight excluding hydrogens is 468 g/mol. The smallest absolute Gasteiger partial charge is 0.248 e. The lowest BCUT2D eigenvalue weighted by Crippen LogP contribution is -2.44. The molecule has 0 bridgehead atoms. The molecule has 1 aromatic heterocycles. The minimum atomic E-state index is -3.73. The Kier molecular flexibility index (Phi) is 6.14. The summed E-state index contributed by atoms with van der Waals surface area (Å²) in [6.45, 7) is 4.13. The van der Waals surface area contributed by atoms with Gasteiger partial charge in [0.2, 0.25) is 26.0 Å². The van der Waals surface area contributed by atoms with Crippen LogP contribution in [0.3, 0.4) is 0 Å². The van der Waals surface area contributed by atoms with Crippen molar-refractivity contribution in [2.75, 3.05) is 38.6 Å². The number of nitrogens with zero attached hydrogens (tertiary/aromatic N) is 4. The molecule has 1 amide bonds. The van der Waals surface area contributed by atoms with Gasteiger partial charge in [-0.05, 0) is 56.9 Å². The van der Waals surface area contributed by atoms with E-state index in [4.69, 9.17) is 4.52 Å². The summed E-state index contributed by atoms with van der Waals surface area (Å²) in [5.41, 5.74) is 1.88. The first-order valence-electron chi connectivity index (χ1n) is 10.7. The number of anilines is 1. The molecule has 0 aliphatic carbocycles. The maximum absolute atomic E-state index is 13.3. The summed E-state index contributed by atoms with van der Waals surface area (Å²) in [7, 11) is -4.31. The zero-order valence-corrected chi connectivity index (χ0v) is 20.7. The van der Waals surface area contributed by atoms with Gasteiger partial charge in [-0.2, -0.15) is 4.31 Å². The van der Waals surface area contributed by atoms with Gasteiger partial charge < -0.3 is 9.42 Å². The maximum atomic E-state index is 13.3. The summed E-state index contributed by atoms with van der Waals surface area (Å²) in [6, 6.07) is 4.85. The summed E-state index contributed by atoms with van der Waals surface area (Å²) in [5.74, 6) is -0.0846. The number of hydrogen-bond donors (Lipinski definition) is 0. The number of piperidine rings is 1. The fraction of sp³-hybridized carbons (Fsp3) is 0.524. The van der Waals surface area contributed by atoms with Crippen LogP contribution in [0.15, 0.2) is 32.5 Å². The normalized spacial score (nSPS) is 18.2. The quantitative estimate of drug-likeness (QED) is 0.615. The van der Waals surface area contributed by atoms with E-state index in [1.165, 1.54) is 24.5 Å². The van der Waals surface area contributed by atoms with Gasteiger partial charge in [-0.15, -0.1) is 0 Å². The average molecular weight is 497 g/mol. The van der Waals surface area contributed by atoms with Crippen LogP contribution in [0.1, 0.15) is 29.9 Å². The molecule has 1 saturated heterocycles. The van der Waals surface area contributed by atoms with E-state index < -0.39 is 20.0 Å². The lowest BCUT2D eigenvalue weighted by atomic mass is 9.96. The van der Waals surface area contributed by atoms with E-state index >= 15 is 0 Å². The minimum absolute atomic E-state index is 0.0497. The van der Waals surface area contributed by atoms with Crippen molar-refractivity contribution in [3.05, 3.63) is 35.2 Å². The van der Waals surface area contributed by atoms with Crippen LogP contribution in [-0.4, -0.2) is 70.2 Å². The molecule has 10 nitrogen and oxygen atoms in total. The van der Waals surface area contributed by atoms with Crippen molar-refractivity contribution >= 4 is 31.6 Å². The van der Waals surface area contributed by atoms with Gasteiger partial charge in [-0.1, -0.05) is 5.16 Å². The highest BCUT2D eigenvalue weighted by Crippen LogP contribution is 2.34. The first-order valence-corrected chi connectivity index (χ1v) is 13.6. The van der Waals surface area contributed by atoms with E-state index in [1.54, 1.807) is 30.9 Å². The van der Waals surface area contributed by atoms with Gasteiger partial charge in [-0.25, -0.2) is 21.1 Å². The van der Waals surface area contributed by atoms with E-state index in [0.717, 1.165) is 15.6 Å². The highest BCUT2D eigenvalue weighted by atomic mass is 32.2. The number of aryl methyl sites for hydroxylation is 2. The summed E-state index contributed by atoms with van der Waals surface area (Å²) >= 11 is 0. The molecule has 0 saturated carbocycles. The molecule has 0 unspecified atom stereocenters. The maximum Gasteiger partial charge on any atom is 0.248 e. The molecule has 0 spiro atoms. The number of fused-ring (bicyclic) bond motifs is 1. The Bertz CT molecular complexity index is 1270. The average Bonchev–Trinajstić information content (AvgIpc) is 3.35. The van der Waals surface area contributed by atoms with Crippen molar-refractivity contribution < 1.29 is 26.2 Å². The second-order valence-electron chi connectivity index (χ2n) is 8.65. The SMILES string of the molecule is Cc1noc(C)c1S(=O)(=O)N1CCC(C(=O)N2CCc3cc(S(=O)(=O)N(C)C)ccc32)CC1. The van der Waals surface area contributed by atoms with E-state index in [0.29, 0.717) is 31.5 Å². The van der Waals surface area contributed by atoms with Crippen LogP contribution in [0.25, 0.3) is 0 Å². The van der Waals surface area contributed by atoms with Gasteiger partial charge in [-0.3, -0.25) is 4.79 Å². The molecule has 180 valence electrons. The van der Waals surface area contributed by atoms with Crippen molar-refractivity contribution in [1.29, 1.82) is 0 Å². The van der Waals surface area contributed by atoms with E-state index in [1.807, 2.05) is 0 Å². The van der Waals surface area contributed by atoms with Crippen LogP contribution in [0.4, 0.5) is 5.69 Å². The third-order valence-corrected chi connectivity index (χ3v) is 10.3. The molecule has 4 rings (SSSR count). The topological polar surface area (TPSA) is 121 Å². The van der Waals surface area contributed by atoms with Gasteiger partial charge in [0.05, 0.1) is 4.90 Å². The number of carbonyl (C=O) groups is 1. The Labute approximate surface area is 194 Å². The first-order chi connectivity index (χ1) is 15.4. The predicted octanol–water partition coefficient (Wildman–Crippen LogP) is 1.53. The monoisotopic (exact) mass is 496 g/mol. The molecule has 2 aromatic rings. The fourth-order valence-electron chi connectivity index (χ4n) is 4.51. The van der Waals surface area contributed by atoms with Gasteiger partial charge in [0.15, 0.2) is 5.76 Å². The number of hydrogen-bond acceptors (Lipinski definition) is 7. The summed E-state index contributed by atoms with van der Waals surface area (Å²) in [6.07, 6.45) is 1.41. The fourth-order valence-corrected chi connectivity index (χ4v) is 7.23. The molecule has 0 atom stereocenters.